The van der Waals surface area contributed by atoms with Gasteiger partial charge in [0.05, 0.1) is 0 Å². The maximum absolute atomic E-state index is 12.4. The number of amides is 1. The third kappa shape index (κ3) is 3.31. The molecule has 4 fully saturated rings. The number of rotatable bonds is 6. The molecule has 4 aliphatic rings. The fourth-order valence-corrected chi connectivity index (χ4v) is 5.79. The van der Waals surface area contributed by atoms with Gasteiger partial charge in [0.2, 0.25) is 5.91 Å². The quantitative estimate of drug-likeness (QED) is 0.792. The van der Waals surface area contributed by atoms with Gasteiger partial charge in [-0.3, -0.25) is 4.79 Å². The lowest BCUT2D eigenvalue weighted by Crippen LogP contribution is -2.49. The summed E-state index contributed by atoms with van der Waals surface area (Å²) in [5.74, 6) is 1.78. The van der Waals surface area contributed by atoms with Crippen molar-refractivity contribution in [3.8, 4) is 0 Å². The first-order chi connectivity index (χ1) is 10.3. The molecule has 2 N–H and O–H groups in total. The van der Waals surface area contributed by atoms with Crippen LogP contribution in [0.2, 0.25) is 0 Å². The molecule has 0 heterocycles. The van der Waals surface area contributed by atoms with E-state index in [-0.39, 0.29) is 17.2 Å². The Morgan fingerprint density at radius 3 is 2.00 bits per heavy atom. The molecule has 0 radical (unpaired) electrons. The topological polar surface area (TPSA) is 66.4 Å². The second-order valence-corrected chi connectivity index (χ2v) is 8.68. The lowest BCUT2D eigenvalue weighted by Gasteiger charge is -2.56. The van der Waals surface area contributed by atoms with E-state index in [4.69, 9.17) is 0 Å². The fraction of sp³-hybridized carbons (Fsp3) is 0.889. The van der Waals surface area contributed by atoms with Gasteiger partial charge in [-0.15, -0.1) is 0 Å². The van der Waals surface area contributed by atoms with E-state index in [1.54, 1.807) is 0 Å². The minimum atomic E-state index is -0.910. The molecule has 1 unspecified atom stereocenters. The summed E-state index contributed by atoms with van der Waals surface area (Å²) in [6.45, 7) is 3.97. The summed E-state index contributed by atoms with van der Waals surface area (Å²) in [7, 11) is 0. The Labute approximate surface area is 133 Å². The number of aliphatic carboxylic acids is 1. The molecule has 1 amide bonds. The highest BCUT2D eigenvalue weighted by Gasteiger charge is 2.51. The van der Waals surface area contributed by atoms with Crippen molar-refractivity contribution < 1.29 is 14.7 Å². The van der Waals surface area contributed by atoms with E-state index in [2.05, 4.69) is 5.32 Å². The largest absolute Gasteiger partial charge is 0.480 e. The van der Waals surface area contributed by atoms with Crippen LogP contribution < -0.4 is 5.32 Å². The van der Waals surface area contributed by atoms with Crippen LogP contribution in [0.3, 0.4) is 0 Å². The van der Waals surface area contributed by atoms with Crippen molar-refractivity contribution in [3.05, 3.63) is 0 Å². The van der Waals surface area contributed by atoms with E-state index >= 15 is 0 Å². The second-order valence-electron chi connectivity index (χ2n) is 8.68. The molecule has 4 aliphatic carbocycles. The number of carboxylic acids is 1. The lowest BCUT2D eigenvalue weighted by molar-refractivity contribution is -0.143. The number of hydrogen-bond donors (Lipinski definition) is 2. The van der Waals surface area contributed by atoms with Crippen LogP contribution in [-0.2, 0) is 9.59 Å². The van der Waals surface area contributed by atoms with Crippen LogP contribution in [0.5, 0.6) is 0 Å². The Balaban J connectivity index is 1.60. The van der Waals surface area contributed by atoms with Crippen LogP contribution in [0, 0.1) is 29.1 Å². The van der Waals surface area contributed by atoms with E-state index in [0.29, 0.717) is 12.8 Å². The third-order valence-electron chi connectivity index (χ3n) is 6.04. The number of hydrogen-bond acceptors (Lipinski definition) is 2. The zero-order chi connectivity index (χ0) is 15.9. The zero-order valence-electron chi connectivity index (χ0n) is 13.8. The molecular formula is C18H29NO3. The molecule has 0 spiro atoms. The Bertz CT molecular complexity index is 422. The van der Waals surface area contributed by atoms with Gasteiger partial charge >= 0.3 is 5.97 Å². The number of carbonyl (C=O) groups is 2. The molecule has 0 aliphatic heterocycles. The molecule has 0 aromatic carbocycles. The average Bonchev–Trinajstić information content (AvgIpc) is 2.34. The Hall–Kier alpha value is -1.06. The molecular weight excluding hydrogens is 278 g/mol. The highest BCUT2D eigenvalue weighted by molar-refractivity contribution is 5.83. The average molecular weight is 307 g/mol. The first-order valence-corrected chi connectivity index (χ1v) is 8.87. The standard InChI is InChI=1S/C18H29NO3/c1-11(2)3-15(17(21)22)19-16(20)10-18-7-12-4-13(8-18)6-14(5-12)9-18/h11-15H,3-10H2,1-2H3,(H,19,20)(H,21,22). The summed E-state index contributed by atoms with van der Waals surface area (Å²) in [6, 6.07) is -0.735. The van der Waals surface area contributed by atoms with Crippen molar-refractivity contribution >= 4 is 11.9 Å². The van der Waals surface area contributed by atoms with Gasteiger partial charge in [-0.2, -0.15) is 0 Å². The van der Waals surface area contributed by atoms with Gasteiger partial charge in [0.1, 0.15) is 6.04 Å². The molecule has 124 valence electrons. The molecule has 4 heteroatoms. The normalized spacial score (nSPS) is 37.3. The number of carboxylic acid groups (broad SMARTS) is 1. The van der Waals surface area contributed by atoms with Gasteiger partial charge < -0.3 is 10.4 Å². The minimum absolute atomic E-state index is 0.0463. The molecule has 0 aromatic heterocycles. The van der Waals surface area contributed by atoms with E-state index < -0.39 is 12.0 Å². The van der Waals surface area contributed by atoms with Gasteiger partial charge in [0.15, 0.2) is 0 Å². The second kappa shape index (κ2) is 5.86. The van der Waals surface area contributed by atoms with Gasteiger partial charge in [-0.25, -0.2) is 4.79 Å². The molecule has 0 aromatic rings. The van der Waals surface area contributed by atoms with Crippen molar-refractivity contribution in [2.75, 3.05) is 0 Å². The first-order valence-electron chi connectivity index (χ1n) is 8.87. The lowest BCUT2D eigenvalue weighted by atomic mass is 9.49. The van der Waals surface area contributed by atoms with E-state index in [0.717, 1.165) is 17.8 Å². The molecule has 4 saturated carbocycles. The zero-order valence-corrected chi connectivity index (χ0v) is 13.8. The Morgan fingerprint density at radius 1 is 1.09 bits per heavy atom. The monoisotopic (exact) mass is 307 g/mol. The molecule has 4 rings (SSSR count). The predicted octanol–water partition coefficient (Wildman–Crippen LogP) is 3.21. The fourth-order valence-electron chi connectivity index (χ4n) is 5.79. The summed E-state index contributed by atoms with van der Waals surface area (Å²) in [5, 5.41) is 12.1. The van der Waals surface area contributed by atoms with Gasteiger partial charge in [-0.05, 0) is 74.0 Å². The van der Waals surface area contributed by atoms with Gasteiger partial charge in [0.25, 0.3) is 0 Å². The Kier molecular flexibility index (Phi) is 4.21. The SMILES string of the molecule is CC(C)CC(NC(=O)CC12CC3CC(CC(C3)C1)C2)C(=O)O. The Morgan fingerprint density at radius 2 is 1.59 bits per heavy atom. The van der Waals surface area contributed by atoms with Crippen molar-refractivity contribution in [1.82, 2.24) is 5.32 Å². The van der Waals surface area contributed by atoms with Crippen LogP contribution in [0.15, 0.2) is 0 Å². The first kappa shape index (κ1) is 15.8. The van der Waals surface area contributed by atoms with Crippen molar-refractivity contribution in [1.29, 1.82) is 0 Å². The van der Waals surface area contributed by atoms with Crippen LogP contribution in [0.4, 0.5) is 0 Å². The number of carbonyl (C=O) groups excluding carboxylic acids is 1. The minimum Gasteiger partial charge on any atom is -0.480 e. The summed E-state index contributed by atoms with van der Waals surface area (Å²) in [5.41, 5.74) is 0.180. The highest BCUT2D eigenvalue weighted by Crippen LogP contribution is 2.61. The van der Waals surface area contributed by atoms with Crippen LogP contribution in [-0.4, -0.2) is 23.0 Å². The molecule has 22 heavy (non-hydrogen) atoms. The van der Waals surface area contributed by atoms with E-state index in [1.165, 1.54) is 38.5 Å². The highest BCUT2D eigenvalue weighted by atomic mass is 16.4. The van der Waals surface area contributed by atoms with Gasteiger partial charge in [-0.1, -0.05) is 13.8 Å². The van der Waals surface area contributed by atoms with E-state index in [9.17, 15) is 14.7 Å². The molecule has 4 bridgehead atoms. The molecule has 4 nitrogen and oxygen atoms in total. The van der Waals surface area contributed by atoms with Crippen molar-refractivity contribution in [3.63, 3.8) is 0 Å². The van der Waals surface area contributed by atoms with Crippen molar-refractivity contribution in [2.24, 2.45) is 29.1 Å². The third-order valence-corrected chi connectivity index (χ3v) is 6.04. The molecule has 1 atom stereocenters. The van der Waals surface area contributed by atoms with E-state index in [1.807, 2.05) is 13.8 Å². The van der Waals surface area contributed by atoms with Crippen LogP contribution >= 0.6 is 0 Å². The summed E-state index contributed by atoms with van der Waals surface area (Å²) >= 11 is 0. The molecule has 0 saturated heterocycles. The maximum atomic E-state index is 12.4. The smallest absolute Gasteiger partial charge is 0.326 e. The van der Waals surface area contributed by atoms with Crippen LogP contribution in [0.1, 0.15) is 65.2 Å². The van der Waals surface area contributed by atoms with Gasteiger partial charge in [0, 0.05) is 6.42 Å². The van der Waals surface area contributed by atoms with Crippen molar-refractivity contribution in [2.45, 2.75) is 71.3 Å². The summed E-state index contributed by atoms with van der Waals surface area (Å²) in [4.78, 5) is 23.8. The number of nitrogens with one attached hydrogen (secondary N) is 1. The maximum Gasteiger partial charge on any atom is 0.326 e. The summed E-state index contributed by atoms with van der Waals surface area (Å²) < 4.78 is 0. The summed E-state index contributed by atoms with van der Waals surface area (Å²) in [6.07, 6.45) is 8.71. The predicted molar refractivity (Wildman–Crippen MR) is 84.2 cm³/mol. The van der Waals surface area contributed by atoms with Crippen LogP contribution in [0.25, 0.3) is 0 Å².